The third-order valence-electron chi connectivity index (χ3n) is 2.30. The van der Waals surface area contributed by atoms with E-state index in [9.17, 15) is 4.79 Å². The van der Waals surface area contributed by atoms with Crippen LogP contribution in [0.3, 0.4) is 0 Å². The number of nitrogens with one attached hydrogen (secondary N) is 1. The molecule has 0 atom stereocenters. The Morgan fingerprint density at radius 1 is 1.35 bits per heavy atom. The van der Waals surface area contributed by atoms with Crippen molar-refractivity contribution in [2.45, 2.75) is 13.5 Å². The van der Waals surface area contributed by atoms with Crippen LogP contribution in [-0.2, 0) is 6.54 Å². The maximum Gasteiger partial charge on any atom is 0.273 e. The molecule has 2 aromatic rings. The van der Waals surface area contributed by atoms with Crippen molar-refractivity contribution in [1.82, 2.24) is 20.3 Å². The van der Waals surface area contributed by atoms with Crippen LogP contribution in [0.2, 0.25) is 0 Å². The first-order chi connectivity index (χ1) is 8.29. The normalized spacial score (nSPS) is 10.2. The molecule has 88 valence electrons. The van der Waals surface area contributed by atoms with E-state index in [2.05, 4.69) is 15.6 Å². The van der Waals surface area contributed by atoms with Crippen molar-refractivity contribution in [3.8, 4) is 0 Å². The van der Waals surface area contributed by atoms with Gasteiger partial charge in [-0.05, 0) is 12.5 Å². The third-order valence-corrected chi connectivity index (χ3v) is 2.30. The molecule has 0 radical (unpaired) electrons. The predicted octanol–water partition coefficient (Wildman–Crippen LogP) is 1.08. The molecule has 0 spiro atoms. The average molecular weight is 230 g/mol. The lowest BCUT2D eigenvalue weighted by Gasteiger charge is -1.99. The number of carbonyl (C=O) groups excluding carboxylic acids is 1. The van der Waals surface area contributed by atoms with E-state index >= 15 is 0 Å². The smallest absolute Gasteiger partial charge is 0.273 e. The average Bonchev–Trinajstić information content (AvgIpc) is 2.79. The summed E-state index contributed by atoms with van der Waals surface area (Å²) in [5.41, 5.74) is 1.47. The molecule has 0 saturated carbocycles. The highest BCUT2D eigenvalue weighted by molar-refractivity contribution is 5.91. The topological polar surface area (TPSA) is 59.8 Å². The van der Waals surface area contributed by atoms with Gasteiger partial charge in [-0.15, -0.1) is 5.10 Å². The second-order valence-electron chi connectivity index (χ2n) is 3.65. The summed E-state index contributed by atoms with van der Waals surface area (Å²) in [6.45, 7) is 3.07. The molecule has 5 heteroatoms. The van der Waals surface area contributed by atoms with E-state index in [-0.39, 0.29) is 5.91 Å². The third kappa shape index (κ3) is 2.90. The molecule has 0 saturated heterocycles. The first-order valence-electron chi connectivity index (χ1n) is 5.52. The molecule has 1 aromatic carbocycles. The molecule has 5 nitrogen and oxygen atoms in total. The van der Waals surface area contributed by atoms with Gasteiger partial charge >= 0.3 is 0 Å². The fourth-order valence-electron chi connectivity index (χ4n) is 1.50. The Hall–Kier alpha value is -2.17. The molecule has 0 unspecified atom stereocenters. The molecule has 17 heavy (non-hydrogen) atoms. The molecule has 0 aliphatic rings. The second kappa shape index (κ2) is 5.25. The summed E-state index contributed by atoms with van der Waals surface area (Å²) in [4.78, 5) is 11.5. The van der Waals surface area contributed by atoms with Crippen LogP contribution in [0.1, 0.15) is 23.0 Å². The van der Waals surface area contributed by atoms with Gasteiger partial charge in [-0.2, -0.15) is 0 Å². The zero-order valence-corrected chi connectivity index (χ0v) is 9.63. The van der Waals surface area contributed by atoms with E-state index < -0.39 is 0 Å². The highest BCUT2D eigenvalue weighted by Crippen LogP contribution is 2.02. The Balaban J connectivity index is 2.06. The van der Waals surface area contributed by atoms with Crippen molar-refractivity contribution < 1.29 is 4.79 Å². The van der Waals surface area contributed by atoms with Crippen molar-refractivity contribution in [3.63, 3.8) is 0 Å². The number of hydrogen-bond donors (Lipinski definition) is 1. The van der Waals surface area contributed by atoms with Gasteiger partial charge in [-0.25, -0.2) is 4.68 Å². The van der Waals surface area contributed by atoms with Crippen molar-refractivity contribution in [3.05, 3.63) is 47.8 Å². The van der Waals surface area contributed by atoms with Crippen molar-refractivity contribution in [2.75, 3.05) is 6.54 Å². The zero-order chi connectivity index (χ0) is 12.1. The quantitative estimate of drug-likeness (QED) is 0.854. The van der Waals surface area contributed by atoms with E-state index in [1.165, 1.54) is 0 Å². The van der Waals surface area contributed by atoms with Gasteiger partial charge in [0.25, 0.3) is 5.91 Å². The summed E-state index contributed by atoms with van der Waals surface area (Å²) in [6, 6.07) is 9.92. The van der Waals surface area contributed by atoms with Crippen LogP contribution in [0.4, 0.5) is 0 Å². The van der Waals surface area contributed by atoms with E-state index in [1.807, 2.05) is 37.3 Å². The van der Waals surface area contributed by atoms with Crippen LogP contribution in [-0.4, -0.2) is 27.4 Å². The molecule has 2 rings (SSSR count). The highest BCUT2D eigenvalue weighted by atomic mass is 16.1. The standard InChI is InChI=1S/C12H14N4O/c1-2-13-12(17)11-9-16(15-14-11)8-10-6-4-3-5-7-10/h3-7,9H,2,8H2,1H3,(H,13,17). The summed E-state index contributed by atoms with van der Waals surface area (Å²) in [5, 5.41) is 10.4. The molecule has 1 heterocycles. The Bertz CT molecular complexity index is 492. The number of benzene rings is 1. The number of hydrogen-bond acceptors (Lipinski definition) is 3. The Morgan fingerprint density at radius 3 is 2.82 bits per heavy atom. The lowest BCUT2D eigenvalue weighted by molar-refractivity contribution is 0.0951. The van der Waals surface area contributed by atoms with Crippen LogP contribution in [0.5, 0.6) is 0 Å². The molecule has 0 aliphatic carbocycles. The van der Waals surface area contributed by atoms with Gasteiger partial charge in [0.2, 0.25) is 0 Å². The lowest BCUT2D eigenvalue weighted by Crippen LogP contribution is -2.22. The molecule has 0 fully saturated rings. The van der Waals surface area contributed by atoms with Crippen molar-refractivity contribution in [2.24, 2.45) is 0 Å². The summed E-state index contributed by atoms with van der Waals surface area (Å²) in [6.07, 6.45) is 1.65. The number of carbonyl (C=O) groups is 1. The molecule has 0 aliphatic heterocycles. The molecular weight excluding hydrogens is 216 g/mol. The van der Waals surface area contributed by atoms with Crippen LogP contribution < -0.4 is 5.32 Å². The molecular formula is C12H14N4O. The minimum Gasteiger partial charge on any atom is -0.351 e. The Kier molecular flexibility index (Phi) is 3.49. The molecule has 0 bridgehead atoms. The lowest BCUT2D eigenvalue weighted by atomic mass is 10.2. The van der Waals surface area contributed by atoms with E-state index in [1.54, 1.807) is 10.9 Å². The summed E-state index contributed by atoms with van der Waals surface area (Å²) < 4.78 is 1.65. The fourth-order valence-corrected chi connectivity index (χ4v) is 1.50. The SMILES string of the molecule is CCNC(=O)c1cn(Cc2ccccc2)nn1. The number of rotatable bonds is 4. The maximum atomic E-state index is 11.5. The van der Waals surface area contributed by atoms with Crippen molar-refractivity contribution >= 4 is 5.91 Å². The number of amides is 1. The van der Waals surface area contributed by atoms with Crippen molar-refractivity contribution in [1.29, 1.82) is 0 Å². The van der Waals surface area contributed by atoms with Crippen LogP contribution in [0.15, 0.2) is 36.5 Å². The van der Waals surface area contributed by atoms with Gasteiger partial charge in [-0.3, -0.25) is 4.79 Å². The summed E-state index contributed by atoms with van der Waals surface area (Å²) in [5.74, 6) is -0.188. The largest absolute Gasteiger partial charge is 0.351 e. The Labute approximate surface area is 99.5 Å². The first-order valence-corrected chi connectivity index (χ1v) is 5.52. The number of nitrogens with zero attached hydrogens (tertiary/aromatic N) is 3. The molecule has 1 amide bonds. The minimum absolute atomic E-state index is 0.188. The first kappa shape index (κ1) is 11.3. The van der Waals surface area contributed by atoms with Crippen LogP contribution >= 0.6 is 0 Å². The fraction of sp³-hybridized carbons (Fsp3) is 0.250. The zero-order valence-electron chi connectivity index (χ0n) is 9.63. The van der Waals surface area contributed by atoms with E-state index in [4.69, 9.17) is 0 Å². The van der Waals surface area contributed by atoms with E-state index in [0.29, 0.717) is 18.8 Å². The molecule has 1 aromatic heterocycles. The van der Waals surface area contributed by atoms with Gasteiger partial charge in [0.1, 0.15) is 0 Å². The van der Waals surface area contributed by atoms with Gasteiger partial charge < -0.3 is 5.32 Å². The molecule has 1 N–H and O–H groups in total. The van der Waals surface area contributed by atoms with Gasteiger partial charge in [0, 0.05) is 6.54 Å². The monoisotopic (exact) mass is 230 g/mol. The summed E-state index contributed by atoms with van der Waals surface area (Å²) in [7, 11) is 0. The minimum atomic E-state index is -0.188. The van der Waals surface area contributed by atoms with Crippen LogP contribution in [0, 0.1) is 0 Å². The summed E-state index contributed by atoms with van der Waals surface area (Å²) >= 11 is 0. The van der Waals surface area contributed by atoms with Crippen LogP contribution in [0.25, 0.3) is 0 Å². The van der Waals surface area contributed by atoms with Gasteiger partial charge in [-0.1, -0.05) is 35.5 Å². The predicted molar refractivity (Wildman–Crippen MR) is 63.6 cm³/mol. The highest BCUT2D eigenvalue weighted by Gasteiger charge is 2.09. The van der Waals surface area contributed by atoms with E-state index in [0.717, 1.165) is 5.56 Å². The second-order valence-corrected chi connectivity index (χ2v) is 3.65. The Morgan fingerprint density at radius 2 is 2.12 bits per heavy atom. The van der Waals surface area contributed by atoms with Gasteiger partial charge in [0.05, 0.1) is 12.7 Å². The number of aromatic nitrogens is 3. The maximum absolute atomic E-state index is 11.5. The van der Waals surface area contributed by atoms with Gasteiger partial charge in [0.15, 0.2) is 5.69 Å².